The summed E-state index contributed by atoms with van der Waals surface area (Å²) in [5.74, 6) is 1.61. The second kappa shape index (κ2) is 6.39. The van der Waals surface area contributed by atoms with Crippen molar-refractivity contribution < 1.29 is 14.3 Å². The second-order valence-corrected chi connectivity index (χ2v) is 5.94. The van der Waals surface area contributed by atoms with E-state index in [2.05, 4.69) is 20.8 Å². The third kappa shape index (κ3) is 2.98. The van der Waals surface area contributed by atoms with Gasteiger partial charge in [0, 0.05) is 24.2 Å². The van der Waals surface area contributed by atoms with Gasteiger partial charge in [-0.2, -0.15) is 0 Å². The molecule has 8 heteroatoms. The minimum absolute atomic E-state index is 0.151. The van der Waals surface area contributed by atoms with E-state index < -0.39 is 0 Å². The van der Waals surface area contributed by atoms with Gasteiger partial charge in [0.15, 0.2) is 17.1 Å². The van der Waals surface area contributed by atoms with Gasteiger partial charge in [-0.25, -0.2) is 4.52 Å². The topological polar surface area (TPSA) is 90.6 Å². The zero-order valence-electron chi connectivity index (χ0n) is 13.7. The molecule has 8 nitrogen and oxygen atoms in total. The van der Waals surface area contributed by atoms with E-state index >= 15 is 0 Å². The van der Waals surface area contributed by atoms with E-state index in [1.807, 2.05) is 18.2 Å². The first kappa shape index (κ1) is 15.4. The summed E-state index contributed by atoms with van der Waals surface area (Å²) in [5.41, 5.74) is 2.16. The smallest absolute Gasteiger partial charge is 0.251 e. The van der Waals surface area contributed by atoms with Crippen LogP contribution in [0, 0.1) is 5.92 Å². The molecule has 0 radical (unpaired) electrons. The van der Waals surface area contributed by atoms with Gasteiger partial charge in [-0.05, 0) is 40.6 Å². The van der Waals surface area contributed by atoms with E-state index in [-0.39, 0.29) is 11.8 Å². The third-order valence-electron chi connectivity index (χ3n) is 4.26. The number of carbonyl (C=O) groups is 1. The van der Waals surface area contributed by atoms with E-state index in [0.717, 1.165) is 23.5 Å². The Hall–Kier alpha value is -3.16. The average molecular weight is 339 g/mol. The summed E-state index contributed by atoms with van der Waals surface area (Å²) < 4.78 is 12.7. The highest BCUT2D eigenvalue weighted by Crippen LogP contribution is 2.35. The van der Waals surface area contributed by atoms with Gasteiger partial charge in [0.2, 0.25) is 0 Å². The van der Waals surface area contributed by atoms with Crippen molar-refractivity contribution in [2.75, 3.05) is 20.3 Å². The molecule has 0 fully saturated rings. The highest BCUT2D eigenvalue weighted by atomic mass is 16.5. The van der Waals surface area contributed by atoms with Crippen LogP contribution in [0.4, 0.5) is 0 Å². The number of pyridine rings is 1. The number of nitrogens with zero attached hydrogens (tertiary/aromatic N) is 4. The lowest BCUT2D eigenvalue weighted by Gasteiger charge is -2.26. The molecule has 0 unspecified atom stereocenters. The first-order valence-corrected chi connectivity index (χ1v) is 7.99. The highest BCUT2D eigenvalue weighted by Gasteiger charge is 2.23. The van der Waals surface area contributed by atoms with Gasteiger partial charge in [-0.15, -0.1) is 5.10 Å². The van der Waals surface area contributed by atoms with E-state index in [1.54, 1.807) is 25.4 Å². The van der Waals surface area contributed by atoms with Crippen LogP contribution in [0.5, 0.6) is 11.5 Å². The summed E-state index contributed by atoms with van der Waals surface area (Å²) in [6.45, 7) is 1.08. The monoisotopic (exact) mass is 339 g/mol. The molecule has 0 saturated heterocycles. The van der Waals surface area contributed by atoms with Crippen molar-refractivity contribution >= 4 is 11.6 Å². The van der Waals surface area contributed by atoms with Crippen molar-refractivity contribution in [1.82, 2.24) is 25.4 Å². The second-order valence-electron chi connectivity index (χ2n) is 5.94. The maximum atomic E-state index is 12.3. The highest BCUT2D eigenvalue weighted by molar-refractivity contribution is 5.94. The number of hydrogen-bond donors (Lipinski definition) is 1. The summed E-state index contributed by atoms with van der Waals surface area (Å²) in [7, 11) is 1.63. The number of benzene rings is 1. The Labute approximate surface area is 143 Å². The molecule has 128 valence electrons. The molecule has 25 heavy (non-hydrogen) atoms. The van der Waals surface area contributed by atoms with Crippen LogP contribution < -0.4 is 14.8 Å². The lowest BCUT2D eigenvalue weighted by atomic mass is 9.96. The number of aromatic nitrogens is 4. The lowest BCUT2D eigenvalue weighted by Crippen LogP contribution is -2.34. The van der Waals surface area contributed by atoms with Crippen LogP contribution in [0.1, 0.15) is 15.9 Å². The summed E-state index contributed by atoms with van der Waals surface area (Å²) in [6.07, 6.45) is 2.50. The molecular formula is C17H17N5O3. The minimum Gasteiger partial charge on any atom is -0.493 e. The van der Waals surface area contributed by atoms with Crippen LogP contribution >= 0.6 is 0 Å². The van der Waals surface area contributed by atoms with Gasteiger partial charge in [-0.3, -0.25) is 4.79 Å². The summed E-state index contributed by atoms with van der Waals surface area (Å²) in [5, 5.41) is 14.1. The molecule has 0 aliphatic carbocycles. The molecule has 1 atom stereocenters. The number of ether oxygens (including phenoxy) is 2. The van der Waals surface area contributed by atoms with Crippen molar-refractivity contribution in [2.24, 2.45) is 5.92 Å². The molecule has 2 aromatic heterocycles. The van der Waals surface area contributed by atoms with Gasteiger partial charge >= 0.3 is 0 Å². The van der Waals surface area contributed by atoms with E-state index in [0.29, 0.717) is 24.4 Å². The zero-order chi connectivity index (χ0) is 17.2. The SMILES string of the molecule is COc1cccc2c1OC[C@H](CNC(=O)c1ccn3nnnc3c1)C2. The molecule has 0 saturated carbocycles. The first-order valence-electron chi connectivity index (χ1n) is 7.99. The van der Waals surface area contributed by atoms with Crippen molar-refractivity contribution in [3.05, 3.63) is 47.7 Å². The standard InChI is InChI=1S/C17H17N5O3/c1-24-14-4-2-3-12-7-11(10-25-16(12)14)9-18-17(23)13-5-6-22-15(8-13)19-20-21-22/h2-6,8,11H,7,9-10H2,1H3,(H,18,23)/t11-/m0/s1. The van der Waals surface area contributed by atoms with Gasteiger partial charge in [-0.1, -0.05) is 12.1 Å². The molecule has 3 heterocycles. The Morgan fingerprint density at radius 1 is 1.44 bits per heavy atom. The molecule has 3 aromatic rings. The largest absolute Gasteiger partial charge is 0.493 e. The number of nitrogens with one attached hydrogen (secondary N) is 1. The third-order valence-corrected chi connectivity index (χ3v) is 4.26. The number of fused-ring (bicyclic) bond motifs is 2. The number of methoxy groups -OCH3 is 1. The van der Waals surface area contributed by atoms with E-state index in [1.165, 1.54) is 4.52 Å². The summed E-state index contributed by atoms with van der Waals surface area (Å²) >= 11 is 0. The maximum Gasteiger partial charge on any atom is 0.251 e. The zero-order valence-corrected chi connectivity index (χ0v) is 13.7. The molecular weight excluding hydrogens is 322 g/mol. The number of carbonyl (C=O) groups excluding carboxylic acids is 1. The fourth-order valence-corrected chi connectivity index (χ4v) is 2.97. The van der Waals surface area contributed by atoms with Crippen LogP contribution in [0.3, 0.4) is 0 Å². The molecule has 1 aromatic carbocycles. The molecule has 0 spiro atoms. The van der Waals surface area contributed by atoms with Crippen LogP contribution in [-0.4, -0.2) is 46.2 Å². The predicted octanol–water partition coefficient (Wildman–Crippen LogP) is 1.11. The van der Waals surface area contributed by atoms with Crippen molar-refractivity contribution in [1.29, 1.82) is 0 Å². The minimum atomic E-state index is -0.151. The Balaban J connectivity index is 1.40. The van der Waals surface area contributed by atoms with Gasteiger partial charge in [0.1, 0.15) is 0 Å². The van der Waals surface area contributed by atoms with Crippen LogP contribution in [0.25, 0.3) is 5.65 Å². The van der Waals surface area contributed by atoms with Crippen LogP contribution in [0.2, 0.25) is 0 Å². The summed E-state index contributed by atoms with van der Waals surface area (Å²) in [6, 6.07) is 9.21. The molecule has 1 aliphatic heterocycles. The normalized spacial score (nSPS) is 16.1. The fourth-order valence-electron chi connectivity index (χ4n) is 2.97. The Morgan fingerprint density at radius 3 is 3.24 bits per heavy atom. The number of amides is 1. The fraction of sp³-hybridized carbons (Fsp3) is 0.294. The van der Waals surface area contributed by atoms with Crippen molar-refractivity contribution in [2.45, 2.75) is 6.42 Å². The Kier molecular flexibility index (Phi) is 3.93. The van der Waals surface area contributed by atoms with E-state index in [9.17, 15) is 4.79 Å². The maximum absolute atomic E-state index is 12.3. The molecule has 1 amide bonds. The van der Waals surface area contributed by atoms with Crippen LogP contribution in [-0.2, 0) is 6.42 Å². The molecule has 4 rings (SSSR count). The molecule has 1 aliphatic rings. The number of tetrazole rings is 1. The van der Waals surface area contributed by atoms with Gasteiger partial charge < -0.3 is 14.8 Å². The average Bonchev–Trinajstić information content (AvgIpc) is 3.13. The Bertz CT molecular complexity index is 924. The van der Waals surface area contributed by atoms with Crippen molar-refractivity contribution in [3.8, 4) is 11.5 Å². The van der Waals surface area contributed by atoms with Gasteiger partial charge in [0.05, 0.1) is 13.7 Å². The number of hydrogen-bond acceptors (Lipinski definition) is 6. The lowest BCUT2D eigenvalue weighted by molar-refractivity contribution is 0.0938. The quantitative estimate of drug-likeness (QED) is 0.766. The van der Waals surface area contributed by atoms with Gasteiger partial charge in [0.25, 0.3) is 5.91 Å². The first-order chi connectivity index (χ1) is 12.2. The predicted molar refractivity (Wildman–Crippen MR) is 88.8 cm³/mol. The number of para-hydroxylation sites is 1. The number of rotatable bonds is 4. The van der Waals surface area contributed by atoms with Crippen molar-refractivity contribution in [3.63, 3.8) is 0 Å². The molecule has 0 bridgehead atoms. The summed E-state index contributed by atoms with van der Waals surface area (Å²) in [4.78, 5) is 12.3. The van der Waals surface area contributed by atoms with E-state index in [4.69, 9.17) is 9.47 Å². The molecule has 1 N–H and O–H groups in total. The Morgan fingerprint density at radius 2 is 2.36 bits per heavy atom. The van der Waals surface area contributed by atoms with Crippen LogP contribution in [0.15, 0.2) is 36.5 Å².